The highest BCUT2D eigenvalue weighted by molar-refractivity contribution is 5.79. The number of piperidine rings is 1. The summed E-state index contributed by atoms with van der Waals surface area (Å²) in [6.07, 6.45) is 2.57. The maximum atomic E-state index is 13.1. The highest BCUT2D eigenvalue weighted by Crippen LogP contribution is 2.15. The fourth-order valence-electron chi connectivity index (χ4n) is 2.44. The van der Waals surface area contributed by atoms with Gasteiger partial charge in [-0.3, -0.25) is 4.79 Å². The SMILES string of the molecule is CCC(CNC(=O)C1CCCNC1)Oc1cccc(F)c1. The van der Waals surface area contributed by atoms with E-state index < -0.39 is 0 Å². The lowest BCUT2D eigenvalue weighted by Crippen LogP contribution is -2.43. The predicted octanol–water partition coefficient (Wildman–Crippen LogP) is 2.10. The zero-order valence-corrected chi connectivity index (χ0v) is 12.4. The van der Waals surface area contributed by atoms with Crippen LogP contribution in [0.1, 0.15) is 26.2 Å². The number of ether oxygens (including phenoxy) is 1. The minimum Gasteiger partial charge on any atom is -0.489 e. The van der Waals surface area contributed by atoms with E-state index in [2.05, 4.69) is 10.6 Å². The summed E-state index contributed by atoms with van der Waals surface area (Å²) in [5, 5.41) is 6.17. The van der Waals surface area contributed by atoms with E-state index in [4.69, 9.17) is 4.74 Å². The molecular weight excluding hydrogens is 271 g/mol. The van der Waals surface area contributed by atoms with Crippen LogP contribution in [0.5, 0.6) is 5.75 Å². The molecule has 2 N–H and O–H groups in total. The summed E-state index contributed by atoms with van der Waals surface area (Å²) in [7, 11) is 0. The molecule has 0 bridgehead atoms. The minimum atomic E-state index is -0.320. The molecule has 0 spiro atoms. The van der Waals surface area contributed by atoms with Crippen molar-refractivity contribution in [2.75, 3.05) is 19.6 Å². The molecular formula is C16H23FN2O2. The van der Waals surface area contributed by atoms with Gasteiger partial charge >= 0.3 is 0 Å². The summed E-state index contributed by atoms with van der Waals surface area (Å²) in [4.78, 5) is 12.1. The molecule has 1 amide bonds. The molecule has 0 saturated carbocycles. The first-order valence-electron chi connectivity index (χ1n) is 7.59. The highest BCUT2D eigenvalue weighted by atomic mass is 19.1. The Kier molecular flexibility index (Phi) is 5.99. The minimum absolute atomic E-state index is 0.0467. The zero-order valence-electron chi connectivity index (χ0n) is 12.4. The Morgan fingerprint density at radius 2 is 2.43 bits per heavy atom. The first-order chi connectivity index (χ1) is 10.2. The van der Waals surface area contributed by atoms with E-state index >= 15 is 0 Å². The molecule has 1 aromatic rings. The molecule has 5 heteroatoms. The van der Waals surface area contributed by atoms with E-state index in [0.29, 0.717) is 12.3 Å². The molecule has 2 unspecified atom stereocenters. The van der Waals surface area contributed by atoms with Crippen LogP contribution < -0.4 is 15.4 Å². The summed E-state index contributed by atoms with van der Waals surface area (Å²) in [6, 6.07) is 6.07. The van der Waals surface area contributed by atoms with Gasteiger partial charge in [-0.05, 0) is 37.9 Å². The van der Waals surface area contributed by atoms with Gasteiger partial charge in [0.15, 0.2) is 0 Å². The third-order valence-electron chi connectivity index (χ3n) is 3.73. The number of halogens is 1. The van der Waals surface area contributed by atoms with Crippen LogP contribution in [-0.4, -0.2) is 31.6 Å². The Labute approximate surface area is 125 Å². The molecule has 1 aliphatic rings. The zero-order chi connectivity index (χ0) is 15.1. The molecule has 2 rings (SSSR count). The van der Waals surface area contributed by atoms with Crippen molar-refractivity contribution in [3.63, 3.8) is 0 Å². The van der Waals surface area contributed by atoms with Crippen LogP contribution in [0.25, 0.3) is 0 Å². The van der Waals surface area contributed by atoms with Gasteiger partial charge in [-0.1, -0.05) is 13.0 Å². The second kappa shape index (κ2) is 7.98. The van der Waals surface area contributed by atoms with Gasteiger partial charge in [-0.25, -0.2) is 4.39 Å². The lowest BCUT2D eigenvalue weighted by atomic mass is 9.99. The second-order valence-electron chi connectivity index (χ2n) is 5.39. The Bertz CT molecular complexity index is 461. The van der Waals surface area contributed by atoms with Crippen molar-refractivity contribution >= 4 is 5.91 Å². The number of hydrogen-bond donors (Lipinski definition) is 2. The normalized spacial score (nSPS) is 19.8. The van der Waals surface area contributed by atoms with Gasteiger partial charge in [0, 0.05) is 12.6 Å². The van der Waals surface area contributed by atoms with E-state index in [1.807, 2.05) is 6.92 Å². The van der Waals surface area contributed by atoms with Crippen LogP contribution in [-0.2, 0) is 4.79 Å². The maximum Gasteiger partial charge on any atom is 0.224 e. The summed E-state index contributed by atoms with van der Waals surface area (Å²) < 4.78 is 18.8. The van der Waals surface area contributed by atoms with Crippen molar-refractivity contribution < 1.29 is 13.9 Å². The van der Waals surface area contributed by atoms with Crippen LogP contribution in [0.15, 0.2) is 24.3 Å². The molecule has 0 aliphatic carbocycles. The molecule has 1 aliphatic heterocycles. The monoisotopic (exact) mass is 294 g/mol. The Morgan fingerprint density at radius 3 is 3.10 bits per heavy atom. The maximum absolute atomic E-state index is 13.1. The van der Waals surface area contributed by atoms with Crippen LogP contribution in [0.4, 0.5) is 4.39 Å². The third-order valence-corrected chi connectivity index (χ3v) is 3.73. The molecule has 4 nitrogen and oxygen atoms in total. The molecule has 0 radical (unpaired) electrons. The van der Waals surface area contributed by atoms with Crippen molar-refractivity contribution in [1.29, 1.82) is 0 Å². The number of rotatable bonds is 6. The van der Waals surface area contributed by atoms with Gasteiger partial charge in [0.1, 0.15) is 17.7 Å². The van der Waals surface area contributed by atoms with Crippen LogP contribution >= 0.6 is 0 Å². The Balaban J connectivity index is 1.80. The smallest absolute Gasteiger partial charge is 0.224 e. The standard InChI is InChI=1S/C16H23FN2O2/c1-2-14(21-15-7-3-6-13(17)9-15)11-19-16(20)12-5-4-8-18-10-12/h3,6-7,9,12,14,18H,2,4-5,8,10-11H2,1H3,(H,19,20). The summed E-state index contributed by atoms with van der Waals surface area (Å²) in [5.74, 6) is 0.295. The lowest BCUT2D eigenvalue weighted by Gasteiger charge is -2.24. The fraction of sp³-hybridized carbons (Fsp3) is 0.562. The van der Waals surface area contributed by atoms with Gasteiger partial charge in [0.05, 0.1) is 12.5 Å². The van der Waals surface area contributed by atoms with Gasteiger partial charge in [0.2, 0.25) is 5.91 Å². The van der Waals surface area contributed by atoms with Crippen molar-refractivity contribution in [2.45, 2.75) is 32.3 Å². The Hall–Kier alpha value is -1.62. The van der Waals surface area contributed by atoms with Gasteiger partial charge in [-0.2, -0.15) is 0 Å². The number of carbonyl (C=O) groups is 1. The topological polar surface area (TPSA) is 50.4 Å². The number of amides is 1. The van der Waals surface area contributed by atoms with E-state index in [9.17, 15) is 9.18 Å². The molecule has 0 aromatic heterocycles. The van der Waals surface area contributed by atoms with Gasteiger partial charge < -0.3 is 15.4 Å². The molecule has 2 atom stereocenters. The number of benzene rings is 1. The molecule has 1 heterocycles. The lowest BCUT2D eigenvalue weighted by molar-refractivity contribution is -0.125. The van der Waals surface area contributed by atoms with Gasteiger partial charge in [0.25, 0.3) is 0 Å². The van der Waals surface area contributed by atoms with Crippen molar-refractivity contribution in [2.24, 2.45) is 5.92 Å². The molecule has 1 saturated heterocycles. The summed E-state index contributed by atoms with van der Waals surface area (Å²) >= 11 is 0. The first kappa shape index (κ1) is 15.8. The van der Waals surface area contributed by atoms with Crippen LogP contribution in [0, 0.1) is 11.7 Å². The van der Waals surface area contributed by atoms with Crippen molar-refractivity contribution in [3.8, 4) is 5.75 Å². The van der Waals surface area contributed by atoms with Crippen LogP contribution in [0.3, 0.4) is 0 Å². The van der Waals surface area contributed by atoms with Crippen molar-refractivity contribution in [1.82, 2.24) is 10.6 Å². The highest BCUT2D eigenvalue weighted by Gasteiger charge is 2.21. The average Bonchev–Trinajstić information content (AvgIpc) is 2.52. The van der Waals surface area contributed by atoms with Gasteiger partial charge in [-0.15, -0.1) is 0 Å². The molecule has 21 heavy (non-hydrogen) atoms. The largest absolute Gasteiger partial charge is 0.489 e. The molecule has 1 aromatic carbocycles. The quantitative estimate of drug-likeness (QED) is 0.845. The Morgan fingerprint density at radius 1 is 1.57 bits per heavy atom. The second-order valence-corrected chi connectivity index (χ2v) is 5.39. The fourth-order valence-corrected chi connectivity index (χ4v) is 2.44. The number of nitrogens with one attached hydrogen (secondary N) is 2. The average molecular weight is 294 g/mol. The predicted molar refractivity (Wildman–Crippen MR) is 79.7 cm³/mol. The van der Waals surface area contributed by atoms with Crippen LogP contribution in [0.2, 0.25) is 0 Å². The van der Waals surface area contributed by atoms with Crippen molar-refractivity contribution in [3.05, 3.63) is 30.1 Å². The number of hydrogen-bond acceptors (Lipinski definition) is 3. The molecule has 116 valence electrons. The summed E-state index contributed by atoms with van der Waals surface area (Å²) in [6.45, 7) is 4.16. The van der Waals surface area contributed by atoms with E-state index in [-0.39, 0.29) is 23.7 Å². The first-order valence-corrected chi connectivity index (χ1v) is 7.59. The van der Waals surface area contributed by atoms with E-state index in [1.165, 1.54) is 12.1 Å². The number of carbonyl (C=O) groups excluding carboxylic acids is 1. The van der Waals surface area contributed by atoms with E-state index in [0.717, 1.165) is 32.4 Å². The summed E-state index contributed by atoms with van der Waals surface area (Å²) in [5.41, 5.74) is 0. The molecule has 1 fully saturated rings. The third kappa shape index (κ3) is 5.01. The van der Waals surface area contributed by atoms with E-state index in [1.54, 1.807) is 12.1 Å².